The maximum atomic E-state index is 13.4. The number of alkyl halides is 6. The van der Waals surface area contributed by atoms with E-state index in [2.05, 4.69) is 10.3 Å². The highest BCUT2D eigenvalue weighted by Gasteiger charge is 2.37. The molecule has 1 amide bonds. The lowest BCUT2D eigenvalue weighted by Crippen LogP contribution is -2.38. The molecule has 0 bridgehead atoms. The van der Waals surface area contributed by atoms with E-state index in [4.69, 9.17) is 0 Å². The minimum absolute atomic E-state index is 0.0119. The van der Waals surface area contributed by atoms with Gasteiger partial charge in [-0.25, -0.2) is 9.37 Å². The Balaban J connectivity index is 1.44. The van der Waals surface area contributed by atoms with Crippen molar-refractivity contribution in [2.24, 2.45) is 5.92 Å². The summed E-state index contributed by atoms with van der Waals surface area (Å²) < 4.78 is 92.2. The van der Waals surface area contributed by atoms with Crippen LogP contribution in [0.15, 0.2) is 36.4 Å². The van der Waals surface area contributed by atoms with Gasteiger partial charge in [0.2, 0.25) is 5.91 Å². The van der Waals surface area contributed by atoms with E-state index in [1.54, 1.807) is 6.07 Å². The number of anilines is 2. The molecule has 12 heteroatoms. The molecule has 1 aliphatic heterocycles. The third kappa shape index (κ3) is 5.21. The first-order valence-corrected chi connectivity index (χ1v) is 10.6. The monoisotopic (exact) mass is 491 g/mol. The number of aromatic nitrogens is 1. The minimum atomic E-state index is -4.99. The Kier molecular flexibility index (Phi) is 5.97. The molecule has 176 valence electrons. The van der Waals surface area contributed by atoms with E-state index in [1.165, 1.54) is 23.5 Å². The number of nitrogens with zero attached hydrogens (tertiary/aromatic N) is 2. The van der Waals surface area contributed by atoms with Gasteiger partial charge >= 0.3 is 12.4 Å². The summed E-state index contributed by atoms with van der Waals surface area (Å²) in [5.41, 5.74) is -2.90. The zero-order valence-electron chi connectivity index (χ0n) is 16.7. The van der Waals surface area contributed by atoms with E-state index >= 15 is 0 Å². The standard InChI is InChI=1S/C21H16F7N3OS/c22-14-1-2-16-17(10-14)33-19(30-16)31-5-3-11(4-6-31)18(32)29-15-8-12(20(23,24)25)7-13(9-15)21(26,27)28/h1-2,7-11H,3-6H2,(H,29,32). The predicted molar refractivity (Wildman–Crippen MR) is 110 cm³/mol. The van der Waals surface area contributed by atoms with Gasteiger partial charge in [0, 0.05) is 24.7 Å². The Hall–Kier alpha value is -2.89. The van der Waals surface area contributed by atoms with Gasteiger partial charge in [-0.2, -0.15) is 26.3 Å². The van der Waals surface area contributed by atoms with Crippen LogP contribution in [0.5, 0.6) is 0 Å². The van der Waals surface area contributed by atoms with Crippen molar-refractivity contribution in [2.45, 2.75) is 25.2 Å². The van der Waals surface area contributed by atoms with Crippen molar-refractivity contribution in [3.63, 3.8) is 0 Å². The van der Waals surface area contributed by atoms with Gasteiger partial charge in [0.25, 0.3) is 0 Å². The van der Waals surface area contributed by atoms with Gasteiger partial charge in [-0.3, -0.25) is 4.79 Å². The first kappa shape index (κ1) is 23.3. The number of rotatable bonds is 3. The van der Waals surface area contributed by atoms with Crippen LogP contribution in [0.4, 0.5) is 41.6 Å². The van der Waals surface area contributed by atoms with E-state index in [9.17, 15) is 35.5 Å². The predicted octanol–water partition coefficient (Wildman–Crippen LogP) is 6.33. The number of amides is 1. The molecule has 0 saturated carbocycles. The van der Waals surface area contributed by atoms with Gasteiger partial charge in [0.15, 0.2) is 5.13 Å². The van der Waals surface area contributed by atoms with Crippen LogP contribution in [-0.2, 0) is 17.1 Å². The summed E-state index contributed by atoms with van der Waals surface area (Å²) in [6.07, 6.45) is -9.32. The highest BCUT2D eigenvalue weighted by atomic mass is 32.1. The molecule has 1 fully saturated rings. The van der Waals surface area contributed by atoms with E-state index in [0.29, 0.717) is 53.4 Å². The second-order valence-corrected chi connectivity index (χ2v) is 8.66. The second-order valence-electron chi connectivity index (χ2n) is 7.65. The molecule has 4 rings (SSSR count). The number of hydrogen-bond donors (Lipinski definition) is 1. The van der Waals surface area contributed by atoms with Crippen LogP contribution < -0.4 is 10.2 Å². The summed E-state index contributed by atoms with van der Waals surface area (Å²) >= 11 is 1.30. The molecular formula is C21H16F7N3OS. The normalized spacial score (nSPS) is 15.8. The number of nitrogens with one attached hydrogen (secondary N) is 1. The fourth-order valence-corrected chi connectivity index (χ4v) is 4.67. The van der Waals surface area contributed by atoms with Crippen molar-refractivity contribution < 1.29 is 35.5 Å². The molecule has 0 unspecified atom stereocenters. The Morgan fingerprint density at radius 1 is 0.970 bits per heavy atom. The molecule has 0 spiro atoms. The molecule has 1 saturated heterocycles. The van der Waals surface area contributed by atoms with Crippen molar-refractivity contribution in [2.75, 3.05) is 23.3 Å². The van der Waals surface area contributed by atoms with E-state index < -0.39 is 41.0 Å². The Morgan fingerprint density at radius 3 is 2.15 bits per heavy atom. The number of thiazole rings is 1. The zero-order chi connectivity index (χ0) is 24.0. The van der Waals surface area contributed by atoms with Gasteiger partial charge < -0.3 is 10.2 Å². The quantitative estimate of drug-likeness (QED) is 0.436. The number of carbonyl (C=O) groups excluding carboxylic acids is 1. The molecule has 1 N–H and O–H groups in total. The number of hydrogen-bond acceptors (Lipinski definition) is 4. The topological polar surface area (TPSA) is 45.2 Å². The van der Waals surface area contributed by atoms with E-state index in [1.807, 2.05) is 4.90 Å². The van der Waals surface area contributed by atoms with Gasteiger partial charge in [-0.15, -0.1) is 0 Å². The molecule has 2 heterocycles. The van der Waals surface area contributed by atoms with Crippen LogP contribution in [0.1, 0.15) is 24.0 Å². The van der Waals surface area contributed by atoms with Crippen LogP contribution in [0.2, 0.25) is 0 Å². The summed E-state index contributed by atoms with van der Waals surface area (Å²) in [7, 11) is 0. The van der Waals surface area contributed by atoms with Crippen molar-refractivity contribution in [3.8, 4) is 0 Å². The van der Waals surface area contributed by atoms with Crippen LogP contribution in [-0.4, -0.2) is 24.0 Å². The van der Waals surface area contributed by atoms with Crippen molar-refractivity contribution in [1.82, 2.24) is 4.98 Å². The first-order chi connectivity index (χ1) is 15.4. The third-order valence-electron chi connectivity index (χ3n) is 5.33. The van der Waals surface area contributed by atoms with Gasteiger partial charge in [0.05, 0.1) is 21.3 Å². The van der Waals surface area contributed by atoms with Crippen molar-refractivity contribution in [3.05, 3.63) is 53.3 Å². The lowest BCUT2D eigenvalue weighted by molar-refractivity contribution is -0.143. The molecule has 1 aromatic heterocycles. The van der Waals surface area contributed by atoms with E-state index in [0.717, 1.165) is 0 Å². The first-order valence-electron chi connectivity index (χ1n) is 9.81. The van der Waals surface area contributed by atoms with E-state index in [-0.39, 0.29) is 11.9 Å². The number of piperidine rings is 1. The molecule has 0 aliphatic carbocycles. The van der Waals surface area contributed by atoms with Crippen molar-refractivity contribution in [1.29, 1.82) is 0 Å². The average Bonchev–Trinajstić information content (AvgIpc) is 3.15. The van der Waals surface area contributed by atoms with Crippen molar-refractivity contribution >= 4 is 38.3 Å². The smallest absolute Gasteiger partial charge is 0.348 e. The fraction of sp³-hybridized carbons (Fsp3) is 0.333. The minimum Gasteiger partial charge on any atom is -0.348 e. The summed E-state index contributed by atoms with van der Waals surface area (Å²) in [6.45, 7) is 0.827. The molecular weight excluding hydrogens is 475 g/mol. The largest absolute Gasteiger partial charge is 0.416 e. The van der Waals surface area contributed by atoms with Gasteiger partial charge in [0.1, 0.15) is 5.82 Å². The lowest BCUT2D eigenvalue weighted by Gasteiger charge is -2.31. The molecule has 0 radical (unpaired) electrons. The maximum Gasteiger partial charge on any atom is 0.416 e. The van der Waals surface area contributed by atoms with Crippen LogP contribution in [0.3, 0.4) is 0 Å². The molecule has 3 aromatic rings. The molecule has 0 atom stereocenters. The Bertz CT molecular complexity index is 1150. The lowest BCUT2D eigenvalue weighted by atomic mass is 9.96. The van der Waals surface area contributed by atoms with Gasteiger partial charge in [-0.05, 0) is 49.2 Å². The number of fused-ring (bicyclic) bond motifs is 1. The number of carbonyl (C=O) groups is 1. The zero-order valence-corrected chi connectivity index (χ0v) is 17.5. The molecule has 2 aromatic carbocycles. The van der Waals surface area contributed by atoms with Crippen LogP contribution in [0.25, 0.3) is 10.2 Å². The second kappa shape index (κ2) is 8.47. The summed E-state index contributed by atoms with van der Waals surface area (Å²) in [6, 6.07) is 5.24. The Labute approximate surface area is 187 Å². The summed E-state index contributed by atoms with van der Waals surface area (Å²) in [5, 5.41) is 2.86. The third-order valence-corrected chi connectivity index (χ3v) is 6.41. The average molecular weight is 491 g/mol. The number of benzene rings is 2. The molecule has 1 aliphatic rings. The van der Waals surface area contributed by atoms with Crippen LogP contribution in [0, 0.1) is 11.7 Å². The maximum absolute atomic E-state index is 13.4. The summed E-state index contributed by atoms with van der Waals surface area (Å²) in [4.78, 5) is 18.9. The van der Waals surface area contributed by atoms with Crippen LogP contribution >= 0.6 is 11.3 Å². The molecule has 4 nitrogen and oxygen atoms in total. The highest BCUT2D eigenvalue weighted by molar-refractivity contribution is 7.22. The fourth-order valence-electron chi connectivity index (χ4n) is 3.63. The molecule has 33 heavy (non-hydrogen) atoms. The number of halogens is 7. The Morgan fingerprint density at radius 2 is 1.58 bits per heavy atom. The SMILES string of the molecule is O=C(Nc1cc(C(F)(F)F)cc(C(F)(F)F)c1)C1CCN(c2nc3ccc(F)cc3s2)CC1. The summed E-state index contributed by atoms with van der Waals surface area (Å²) in [5.74, 6) is -1.61. The van der Waals surface area contributed by atoms with Gasteiger partial charge in [-0.1, -0.05) is 11.3 Å². The highest BCUT2D eigenvalue weighted by Crippen LogP contribution is 2.38.